The molecular weight excluding hydrogens is 384 g/mol. The first kappa shape index (κ1) is 23.3. The number of phenolic OH excluding ortho intramolecular Hbond substituents is 1. The second-order valence-corrected chi connectivity index (χ2v) is 8.24. The van der Waals surface area contributed by atoms with Gasteiger partial charge >= 0.3 is 11.9 Å². The zero-order valence-electron chi connectivity index (χ0n) is 18.5. The quantitative estimate of drug-likeness (QED) is 0.527. The molecule has 0 aliphatic heterocycles. The summed E-state index contributed by atoms with van der Waals surface area (Å²) in [5, 5.41) is 10.4. The Labute approximate surface area is 177 Å². The van der Waals surface area contributed by atoms with Crippen molar-refractivity contribution in [3.63, 3.8) is 0 Å². The van der Waals surface area contributed by atoms with E-state index in [1.54, 1.807) is 12.1 Å². The number of esters is 2. The molecule has 0 amide bonds. The van der Waals surface area contributed by atoms with Gasteiger partial charge in [-0.2, -0.15) is 0 Å². The van der Waals surface area contributed by atoms with Crippen molar-refractivity contribution in [3.05, 3.63) is 58.1 Å². The van der Waals surface area contributed by atoms with Gasteiger partial charge in [0.2, 0.25) is 0 Å². The van der Waals surface area contributed by atoms with Crippen molar-refractivity contribution in [2.75, 3.05) is 20.8 Å². The third-order valence-electron chi connectivity index (χ3n) is 4.80. The summed E-state index contributed by atoms with van der Waals surface area (Å²) in [4.78, 5) is 23.7. The molecule has 0 spiro atoms. The lowest BCUT2D eigenvalue weighted by Crippen LogP contribution is -2.12. The van der Waals surface area contributed by atoms with E-state index >= 15 is 0 Å². The molecule has 6 heteroatoms. The molecule has 0 unspecified atom stereocenters. The van der Waals surface area contributed by atoms with Crippen molar-refractivity contribution in [1.82, 2.24) is 0 Å². The minimum atomic E-state index is -0.556. The second-order valence-electron chi connectivity index (χ2n) is 8.24. The van der Waals surface area contributed by atoms with E-state index in [-0.39, 0.29) is 16.5 Å². The molecule has 2 aromatic rings. The van der Waals surface area contributed by atoms with Crippen molar-refractivity contribution in [2.24, 2.45) is 0 Å². The number of rotatable bonds is 7. The Balaban J connectivity index is 2.09. The van der Waals surface area contributed by atoms with E-state index in [2.05, 4.69) is 20.8 Å². The Bertz CT molecular complexity index is 890. The molecule has 0 atom stereocenters. The number of hydrogen-bond donors (Lipinski definition) is 1. The minimum Gasteiger partial charge on any atom is -0.507 e. The van der Waals surface area contributed by atoms with E-state index in [0.29, 0.717) is 18.1 Å². The first-order chi connectivity index (χ1) is 14.1. The zero-order chi connectivity index (χ0) is 22.5. The molecule has 0 aliphatic carbocycles. The molecule has 162 valence electrons. The maximum absolute atomic E-state index is 11.9. The summed E-state index contributed by atoms with van der Waals surface area (Å²) in [5.74, 6) is -0.368. The van der Waals surface area contributed by atoms with Gasteiger partial charge in [0.15, 0.2) is 0 Å². The Hall–Kier alpha value is -3.02. The molecule has 6 nitrogen and oxygen atoms in total. The number of hydrogen-bond acceptors (Lipinski definition) is 6. The van der Waals surface area contributed by atoms with Crippen molar-refractivity contribution in [3.8, 4) is 11.5 Å². The van der Waals surface area contributed by atoms with Crippen LogP contribution in [0.1, 0.15) is 64.6 Å². The molecular formula is C24H30O6. The lowest BCUT2D eigenvalue weighted by molar-refractivity contribution is 0.0598. The highest BCUT2D eigenvalue weighted by molar-refractivity contribution is 5.96. The largest absolute Gasteiger partial charge is 0.507 e. The van der Waals surface area contributed by atoms with Crippen LogP contribution in [0.25, 0.3) is 0 Å². The van der Waals surface area contributed by atoms with Crippen LogP contribution in [0, 0.1) is 6.92 Å². The van der Waals surface area contributed by atoms with Crippen LogP contribution in [0.3, 0.4) is 0 Å². The SMILES string of the molecule is COC(=O)c1cc(OCCCc2cc(C)c(O)c(C(C)(C)C)c2)cc(C(=O)OC)c1. The summed E-state index contributed by atoms with van der Waals surface area (Å²) < 4.78 is 15.3. The van der Waals surface area contributed by atoms with Gasteiger partial charge in [0.1, 0.15) is 11.5 Å². The average molecular weight is 414 g/mol. The summed E-state index contributed by atoms with van der Waals surface area (Å²) in [7, 11) is 2.55. The first-order valence-corrected chi connectivity index (χ1v) is 9.84. The Morgan fingerprint density at radius 1 is 0.933 bits per heavy atom. The number of methoxy groups -OCH3 is 2. The van der Waals surface area contributed by atoms with Gasteiger partial charge in [0.25, 0.3) is 0 Å². The number of carbonyl (C=O) groups is 2. The number of phenols is 1. The highest BCUT2D eigenvalue weighted by Gasteiger charge is 2.20. The third kappa shape index (κ3) is 5.75. The predicted octanol–water partition coefficient (Wildman–Crippen LogP) is 4.58. The standard InChI is InChI=1S/C24H30O6/c1-15-10-16(11-20(21(15)25)24(2,3)4)8-7-9-30-19-13-17(22(26)28-5)12-18(14-19)23(27)29-6/h10-14,25H,7-9H2,1-6H3. The van der Waals surface area contributed by atoms with Crippen molar-refractivity contribution >= 4 is 11.9 Å². The van der Waals surface area contributed by atoms with Gasteiger partial charge in [-0.05, 0) is 60.1 Å². The fourth-order valence-electron chi connectivity index (χ4n) is 3.19. The Kier molecular flexibility index (Phi) is 7.48. The van der Waals surface area contributed by atoms with E-state index < -0.39 is 11.9 Å². The molecule has 30 heavy (non-hydrogen) atoms. The van der Waals surface area contributed by atoms with Gasteiger partial charge in [0, 0.05) is 0 Å². The minimum absolute atomic E-state index is 0.153. The zero-order valence-corrected chi connectivity index (χ0v) is 18.5. The van der Waals surface area contributed by atoms with Crippen LogP contribution in [0.15, 0.2) is 30.3 Å². The molecule has 0 aliphatic rings. The molecule has 0 aromatic heterocycles. The van der Waals surface area contributed by atoms with Crippen molar-refractivity contribution < 1.29 is 28.9 Å². The number of aromatic hydroxyl groups is 1. The molecule has 1 N–H and O–H groups in total. The lowest BCUT2D eigenvalue weighted by atomic mass is 9.83. The van der Waals surface area contributed by atoms with Crippen LogP contribution in [0.5, 0.6) is 11.5 Å². The average Bonchev–Trinajstić information content (AvgIpc) is 2.71. The topological polar surface area (TPSA) is 82.1 Å². The van der Waals surface area contributed by atoms with Gasteiger partial charge < -0.3 is 19.3 Å². The lowest BCUT2D eigenvalue weighted by Gasteiger charge is -2.22. The van der Waals surface area contributed by atoms with Crippen LogP contribution in [-0.4, -0.2) is 37.9 Å². The molecule has 0 bridgehead atoms. The van der Waals surface area contributed by atoms with E-state index in [0.717, 1.165) is 29.5 Å². The van der Waals surface area contributed by atoms with Crippen LogP contribution >= 0.6 is 0 Å². The summed E-state index contributed by atoms with van der Waals surface area (Å²) in [5.41, 5.74) is 3.19. The smallest absolute Gasteiger partial charge is 0.338 e. The van der Waals surface area contributed by atoms with Gasteiger partial charge in [-0.15, -0.1) is 0 Å². The van der Waals surface area contributed by atoms with Gasteiger partial charge in [-0.1, -0.05) is 32.9 Å². The fourth-order valence-corrected chi connectivity index (χ4v) is 3.19. The maximum atomic E-state index is 11.9. The number of benzene rings is 2. The highest BCUT2D eigenvalue weighted by Crippen LogP contribution is 2.34. The second kappa shape index (κ2) is 9.65. The molecule has 0 radical (unpaired) electrons. The maximum Gasteiger partial charge on any atom is 0.338 e. The predicted molar refractivity (Wildman–Crippen MR) is 114 cm³/mol. The van der Waals surface area contributed by atoms with Crippen LogP contribution < -0.4 is 4.74 Å². The Morgan fingerprint density at radius 3 is 2.00 bits per heavy atom. The summed E-state index contributed by atoms with van der Waals surface area (Å²) in [6, 6.07) is 8.52. The summed E-state index contributed by atoms with van der Waals surface area (Å²) in [6.07, 6.45) is 1.49. The highest BCUT2D eigenvalue weighted by atomic mass is 16.5. The molecule has 2 aromatic carbocycles. The van der Waals surface area contributed by atoms with Crippen LogP contribution in [0.4, 0.5) is 0 Å². The first-order valence-electron chi connectivity index (χ1n) is 9.84. The molecule has 0 heterocycles. The van der Waals surface area contributed by atoms with E-state index in [9.17, 15) is 14.7 Å². The van der Waals surface area contributed by atoms with Crippen LogP contribution in [0.2, 0.25) is 0 Å². The molecule has 2 rings (SSSR count). The number of aryl methyl sites for hydroxylation is 2. The normalized spacial score (nSPS) is 11.1. The number of ether oxygens (including phenoxy) is 3. The van der Waals surface area contributed by atoms with Gasteiger partial charge in [-0.3, -0.25) is 0 Å². The van der Waals surface area contributed by atoms with E-state index in [1.165, 1.54) is 20.3 Å². The van der Waals surface area contributed by atoms with Gasteiger partial charge in [-0.25, -0.2) is 9.59 Å². The summed E-state index contributed by atoms with van der Waals surface area (Å²) in [6.45, 7) is 8.51. The van der Waals surface area contributed by atoms with Crippen LogP contribution in [-0.2, 0) is 21.3 Å². The van der Waals surface area contributed by atoms with Gasteiger partial charge in [0.05, 0.1) is 32.0 Å². The molecule has 0 fully saturated rings. The summed E-state index contributed by atoms with van der Waals surface area (Å²) >= 11 is 0. The fraction of sp³-hybridized carbons (Fsp3) is 0.417. The molecule has 0 saturated heterocycles. The van der Waals surface area contributed by atoms with E-state index in [4.69, 9.17) is 14.2 Å². The van der Waals surface area contributed by atoms with E-state index in [1.807, 2.05) is 19.1 Å². The monoisotopic (exact) mass is 414 g/mol. The molecule has 0 saturated carbocycles. The van der Waals surface area contributed by atoms with Crippen molar-refractivity contribution in [1.29, 1.82) is 0 Å². The van der Waals surface area contributed by atoms with Crippen molar-refractivity contribution in [2.45, 2.75) is 46.0 Å². The Morgan fingerprint density at radius 2 is 1.50 bits per heavy atom. The third-order valence-corrected chi connectivity index (χ3v) is 4.80. The number of carbonyl (C=O) groups excluding carboxylic acids is 2.